The maximum absolute atomic E-state index is 5.78. The van der Waals surface area contributed by atoms with Crippen molar-refractivity contribution in [2.24, 2.45) is 0 Å². The maximum atomic E-state index is 5.78. The minimum Gasteiger partial charge on any atom is -0.481 e. The number of ether oxygens (including phenoxy) is 2. The Morgan fingerprint density at radius 3 is 2.37 bits per heavy atom. The highest BCUT2D eigenvalue weighted by Gasteiger charge is 2.09. The number of aromatic nitrogens is 2. The molecule has 0 amide bonds. The lowest BCUT2D eigenvalue weighted by molar-refractivity contribution is 0.389. The summed E-state index contributed by atoms with van der Waals surface area (Å²) in [5.74, 6) is 1.64. The van der Waals surface area contributed by atoms with Crippen LogP contribution in [0, 0.1) is 20.8 Å². The van der Waals surface area contributed by atoms with E-state index in [0.29, 0.717) is 11.8 Å². The highest BCUT2D eigenvalue weighted by molar-refractivity contribution is 5.44. The lowest BCUT2D eigenvalue weighted by atomic mass is 10.1. The van der Waals surface area contributed by atoms with Crippen LogP contribution in [0.1, 0.15) is 16.7 Å². The molecule has 2 aromatic rings. The van der Waals surface area contributed by atoms with E-state index in [0.717, 1.165) is 16.9 Å². The Hall–Kier alpha value is -2.30. The summed E-state index contributed by atoms with van der Waals surface area (Å²) in [5, 5.41) is 0. The first-order valence-electron chi connectivity index (χ1n) is 5.94. The number of rotatable bonds is 3. The van der Waals surface area contributed by atoms with Gasteiger partial charge in [-0.15, -0.1) is 0 Å². The second-order valence-electron chi connectivity index (χ2n) is 4.41. The van der Waals surface area contributed by atoms with E-state index in [-0.39, 0.29) is 5.95 Å². The summed E-state index contributed by atoms with van der Waals surface area (Å²) in [6.45, 7) is 6.07. The van der Waals surface area contributed by atoms with Crippen molar-refractivity contribution in [2.75, 3.05) is 12.8 Å². The Balaban J connectivity index is 2.38. The number of hydrogen-bond donors (Lipinski definition) is 1. The Labute approximate surface area is 112 Å². The van der Waals surface area contributed by atoms with Gasteiger partial charge >= 0.3 is 0 Å². The Morgan fingerprint density at radius 1 is 1.00 bits per heavy atom. The molecule has 0 bridgehead atoms. The quantitative estimate of drug-likeness (QED) is 0.917. The van der Waals surface area contributed by atoms with Gasteiger partial charge in [0, 0.05) is 0 Å². The van der Waals surface area contributed by atoms with Gasteiger partial charge in [-0.3, -0.25) is 0 Å². The normalized spacial score (nSPS) is 10.3. The SMILES string of the molecule is COc1cc(Oc2cc(C)cc(C)c2C)nc(N)n1. The summed E-state index contributed by atoms with van der Waals surface area (Å²) >= 11 is 0. The van der Waals surface area contributed by atoms with E-state index in [1.165, 1.54) is 12.7 Å². The predicted octanol–water partition coefficient (Wildman–Crippen LogP) is 2.78. The van der Waals surface area contributed by atoms with E-state index in [2.05, 4.69) is 16.0 Å². The van der Waals surface area contributed by atoms with E-state index >= 15 is 0 Å². The predicted molar refractivity (Wildman–Crippen MR) is 73.7 cm³/mol. The van der Waals surface area contributed by atoms with Gasteiger partial charge in [0.25, 0.3) is 0 Å². The largest absolute Gasteiger partial charge is 0.481 e. The van der Waals surface area contributed by atoms with Crippen molar-refractivity contribution >= 4 is 5.95 Å². The van der Waals surface area contributed by atoms with E-state index in [1.807, 2.05) is 26.8 Å². The van der Waals surface area contributed by atoms with Crippen LogP contribution >= 0.6 is 0 Å². The average Bonchev–Trinajstić information content (AvgIpc) is 2.34. The number of nitrogens with two attached hydrogens (primary N) is 1. The van der Waals surface area contributed by atoms with Crippen LogP contribution in [-0.2, 0) is 0 Å². The molecule has 0 atom stereocenters. The second kappa shape index (κ2) is 5.14. The number of anilines is 1. The summed E-state index contributed by atoms with van der Waals surface area (Å²) in [6, 6.07) is 5.68. The van der Waals surface area contributed by atoms with Gasteiger partial charge in [0.15, 0.2) is 0 Å². The first kappa shape index (κ1) is 13.1. The molecule has 2 rings (SSSR count). The van der Waals surface area contributed by atoms with E-state index in [1.54, 1.807) is 6.07 Å². The molecule has 0 fully saturated rings. The van der Waals surface area contributed by atoms with Gasteiger partial charge < -0.3 is 15.2 Å². The Morgan fingerprint density at radius 2 is 1.68 bits per heavy atom. The molecule has 0 aliphatic carbocycles. The Bertz CT molecular complexity index is 612. The molecule has 0 aliphatic rings. The number of nitrogen functional groups attached to an aromatic ring is 1. The molecule has 1 heterocycles. The molecular formula is C14H17N3O2. The summed E-state index contributed by atoms with van der Waals surface area (Å²) in [5.41, 5.74) is 8.98. The van der Waals surface area contributed by atoms with Crippen LogP contribution in [-0.4, -0.2) is 17.1 Å². The highest BCUT2D eigenvalue weighted by atomic mass is 16.5. The Kier molecular flexibility index (Phi) is 3.55. The molecule has 0 unspecified atom stereocenters. The van der Waals surface area contributed by atoms with Crippen LogP contribution in [0.2, 0.25) is 0 Å². The van der Waals surface area contributed by atoms with Crippen LogP contribution in [0.25, 0.3) is 0 Å². The van der Waals surface area contributed by atoms with E-state index in [4.69, 9.17) is 15.2 Å². The molecule has 0 spiro atoms. The first-order valence-corrected chi connectivity index (χ1v) is 5.94. The molecule has 5 nitrogen and oxygen atoms in total. The molecule has 0 aliphatic heterocycles. The minimum atomic E-state index is 0.122. The van der Waals surface area contributed by atoms with Gasteiger partial charge in [0.2, 0.25) is 17.7 Å². The average molecular weight is 259 g/mol. The number of benzene rings is 1. The highest BCUT2D eigenvalue weighted by Crippen LogP contribution is 2.28. The molecule has 1 aromatic carbocycles. The summed E-state index contributed by atoms with van der Waals surface area (Å²) in [6.07, 6.45) is 0. The van der Waals surface area contributed by atoms with E-state index in [9.17, 15) is 0 Å². The maximum Gasteiger partial charge on any atom is 0.227 e. The van der Waals surface area contributed by atoms with Crippen LogP contribution in [0.4, 0.5) is 5.95 Å². The number of hydrogen-bond acceptors (Lipinski definition) is 5. The van der Waals surface area contributed by atoms with Crippen LogP contribution in [0.5, 0.6) is 17.5 Å². The zero-order valence-corrected chi connectivity index (χ0v) is 11.5. The second-order valence-corrected chi connectivity index (χ2v) is 4.41. The van der Waals surface area contributed by atoms with Crippen molar-refractivity contribution < 1.29 is 9.47 Å². The molecule has 1 aromatic heterocycles. The number of methoxy groups -OCH3 is 1. The van der Waals surface area contributed by atoms with Crippen LogP contribution in [0.3, 0.4) is 0 Å². The lowest BCUT2D eigenvalue weighted by Crippen LogP contribution is -2.00. The molecule has 100 valence electrons. The number of aryl methyl sites for hydroxylation is 2. The van der Waals surface area contributed by atoms with E-state index < -0.39 is 0 Å². The molecule has 0 saturated carbocycles. The zero-order valence-electron chi connectivity index (χ0n) is 11.5. The third kappa shape index (κ3) is 2.93. The van der Waals surface area contributed by atoms with Gasteiger partial charge in [0.05, 0.1) is 13.2 Å². The van der Waals surface area contributed by atoms with Gasteiger partial charge in [-0.1, -0.05) is 6.07 Å². The number of nitrogens with zero attached hydrogens (tertiary/aromatic N) is 2. The lowest BCUT2D eigenvalue weighted by Gasteiger charge is -2.12. The van der Waals surface area contributed by atoms with Crippen molar-refractivity contribution in [1.82, 2.24) is 9.97 Å². The molecule has 5 heteroatoms. The van der Waals surface area contributed by atoms with Crippen molar-refractivity contribution in [1.29, 1.82) is 0 Å². The molecule has 2 N–H and O–H groups in total. The summed E-state index contributed by atoms with van der Waals surface area (Å²) in [7, 11) is 1.52. The summed E-state index contributed by atoms with van der Waals surface area (Å²) < 4.78 is 10.8. The van der Waals surface area contributed by atoms with Gasteiger partial charge in [0.1, 0.15) is 5.75 Å². The first-order chi connectivity index (χ1) is 8.99. The topological polar surface area (TPSA) is 70.3 Å². The third-order valence-electron chi connectivity index (χ3n) is 2.88. The molecule has 0 radical (unpaired) electrons. The van der Waals surface area contributed by atoms with Crippen molar-refractivity contribution in [3.63, 3.8) is 0 Å². The van der Waals surface area contributed by atoms with Crippen LogP contribution in [0.15, 0.2) is 18.2 Å². The fraction of sp³-hybridized carbons (Fsp3) is 0.286. The summed E-state index contributed by atoms with van der Waals surface area (Å²) in [4.78, 5) is 7.96. The standard InChI is InChI=1S/C14H17N3O2/c1-8-5-9(2)10(3)11(6-8)19-13-7-12(18-4)16-14(15)17-13/h5-7H,1-4H3,(H2,15,16,17). The van der Waals surface area contributed by atoms with Gasteiger partial charge in [-0.2, -0.15) is 9.97 Å². The minimum absolute atomic E-state index is 0.122. The fourth-order valence-corrected chi connectivity index (χ4v) is 1.80. The molecule has 0 saturated heterocycles. The van der Waals surface area contributed by atoms with Crippen molar-refractivity contribution in [2.45, 2.75) is 20.8 Å². The monoisotopic (exact) mass is 259 g/mol. The van der Waals surface area contributed by atoms with Crippen molar-refractivity contribution in [3.05, 3.63) is 34.9 Å². The van der Waals surface area contributed by atoms with Gasteiger partial charge in [-0.25, -0.2) is 0 Å². The zero-order chi connectivity index (χ0) is 14.0. The third-order valence-corrected chi connectivity index (χ3v) is 2.88. The van der Waals surface area contributed by atoms with Gasteiger partial charge in [-0.05, 0) is 43.5 Å². The van der Waals surface area contributed by atoms with Crippen LogP contribution < -0.4 is 15.2 Å². The smallest absolute Gasteiger partial charge is 0.227 e. The molecular weight excluding hydrogens is 242 g/mol. The fourth-order valence-electron chi connectivity index (χ4n) is 1.80. The van der Waals surface area contributed by atoms with Crippen molar-refractivity contribution in [3.8, 4) is 17.5 Å². The molecule has 19 heavy (non-hydrogen) atoms.